The highest BCUT2D eigenvalue weighted by Crippen LogP contribution is 2.22. The van der Waals surface area contributed by atoms with E-state index in [1.54, 1.807) is 36.4 Å². The number of amides is 3. The number of imide groups is 1. The average Bonchev–Trinajstić information content (AvgIpc) is 2.93. The van der Waals surface area contributed by atoms with Crippen LogP contribution in [0, 0.1) is 0 Å². The van der Waals surface area contributed by atoms with Gasteiger partial charge in [-0.1, -0.05) is 41.9 Å². The molecular formula is C27H22ClN5O6. The van der Waals surface area contributed by atoms with Gasteiger partial charge in [-0.25, -0.2) is 10.4 Å². The molecule has 0 aliphatic carbocycles. The minimum atomic E-state index is -1.32. The molecule has 11 nitrogen and oxygen atoms in total. The number of benzene rings is 3. The molecule has 0 saturated heterocycles. The molecule has 0 unspecified atom stereocenters. The first kappa shape index (κ1) is 27.2. The molecule has 4 N–H and O–H groups in total. The minimum Gasteiger partial charge on any atom is -0.508 e. The Labute approximate surface area is 227 Å². The number of carbonyl (C=O) groups is 4. The van der Waals surface area contributed by atoms with E-state index in [9.17, 15) is 29.4 Å². The Bertz CT molecular complexity index is 1590. The number of carbonyl (C=O) groups excluding carboxylic acids is 3. The van der Waals surface area contributed by atoms with Gasteiger partial charge in [-0.15, -0.1) is 0 Å². The Kier molecular flexibility index (Phi) is 8.13. The predicted molar refractivity (Wildman–Crippen MR) is 141 cm³/mol. The highest BCUT2D eigenvalue weighted by molar-refractivity contribution is 6.34. The maximum absolute atomic E-state index is 13.5. The lowest BCUT2D eigenvalue weighted by Gasteiger charge is -2.24. The number of hydrogen-bond donors (Lipinski definition) is 4. The zero-order valence-electron chi connectivity index (χ0n) is 20.5. The Morgan fingerprint density at radius 2 is 1.72 bits per heavy atom. The molecule has 39 heavy (non-hydrogen) atoms. The number of carboxylic acid groups (broad SMARTS) is 1. The molecule has 198 valence electrons. The van der Waals surface area contributed by atoms with Crippen LogP contribution in [-0.2, 0) is 11.3 Å². The van der Waals surface area contributed by atoms with Gasteiger partial charge in [0.05, 0.1) is 27.9 Å². The van der Waals surface area contributed by atoms with Gasteiger partial charge in [0, 0.05) is 17.5 Å². The van der Waals surface area contributed by atoms with Crippen molar-refractivity contribution in [3.63, 3.8) is 0 Å². The summed E-state index contributed by atoms with van der Waals surface area (Å²) in [6.45, 7) is 1.40. The summed E-state index contributed by atoms with van der Waals surface area (Å²) in [5, 5.41) is 30.3. The molecular weight excluding hydrogens is 526 g/mol. The van der Waals surface area contributed by atoms with Crippen molar-refractivity contribution in [3.05, 3.63) is 100 Å². The van der Waals surface area contributed by atoms with E-state index in [-0.39, 0.29) is 34.0 Å². The van der Waals surface area contributed by atoms with Crippen molar-refractivity contribution in [2.45, 2.75) is 19.5 Å². The number of nitrogens with one attached hydrogen (secondary N) is 2. The molecule has 0 bridgehead atoms. The molecule has 0 aliphatic heterocycles. The highest BCUT2D eigenvalue weighted by atomic mass is 35.5. The summed E-state index contributed by atoms with van der Waals surface area (Å²) in [6.07, 6.45) is 1.18. The van der Waals surface area contributed by atoms with E-state index in [0.717, 1.165) is 0 Å². The van der Waals surface area contributed by atoms with Crippen LogP contribution < -0.4 is 10.7 Å². The van der Waals surface area contributed by atoms with Gasteiger partial charge >= 0.3 is 5.97 Å². The van der Waals surface area contributed by atoms with Gasteiger partial charge in [0.25, 0.3) is 17.7 Å². The molecule has 0 spiro atoms. The van der Waals surface area contributed by atoms with Gasteiger partial charge < -0.3 is 15.5 Å². The molecule has 4 rings (SSSR count). The summed E-state index contributed by atoms with van der Waals surface area (Å²) in [4.78, 5) is 51.2. The van der Waals surface area contributed by atoms with Crippen molar-refractivity contribution in [2.24, 2.45) is 0 Å². The summed E-state index contributed by atoms with van der Waals surface area (Å²) < 4.78 is 0. The van der Waals surface area contributed by atoms with Gasteiger partial charge in [-0.05, 0) is 48.9 Å². The first-order valence-corrected chi connectivity index (χ1v) is 12.0. The summed E-state index contributed by atoms with van der Waals surface area (Å²) >= 11 is 6.36. The molecule has 0 aliphatic rings. The minimum absolute atomic E-state index is 0.0121. The summed E-state index contributed by atoms with van der Waals surface area (Å²) in [6, 6.07) is 15.6. The van der Waals surface area contributed by atoms with Crippen molar-refractivity contribution in [3.8, 4) is 5.75 Å². The first-order chi connectivity index (χ1) is 18.7. The van der Waals surface area contributed by atoms with E-state index in [0.29, 0.717) is 21.5 Å². The topological polar surface area (TPSA) is 162 Å². The Morgan fingerprint density at radius 1 is 0.974 bits per heavy atom. The van der Waals surface area contributed by atoms with E-state index in [1.807, 2.05) is 0 Å². The van der Waals surface area contributed by atoms with Crippen molar-refractivity contribution in [1.29, 1.82) is 0 Å². The third-order valence-electron chi connectivity index (χ3n) is 5.70. The number of phenolic OH excluding ortho intramolecular Hbond substituents is 1. The molecule has 1 heterocycles. The van der Waals surface area contributed by atoms with E-state index >= 15 is 0 Å². The third-order valence-corrected chi connectivity index (χ3v) is 6.01. The molecule has 12 heteroatoms. The lowest BCUT2D eigenvalue weighted by atomic mass is 10.1. The molecule has 4 aromatic rings. The predicted octanol–water partition coefficient (Wildman–Crippen LogP) is 3.18. The molecule has 0 saturated carbocycles. The Balaban J connectivity index is 1.61. The van der Waals surface area contributed by atoms with Gasteiger partial charge in [-0.2, -0.15) is 10.2 Å². The summed E-state index contributed by atoms with van der Waals surface area (Å²) in [7, 11) is 0. The summed E-state index contributed by atoms with van der Waals surface area (Å²) in [5.41, 5.74) is 3.50. The largest absolute Gasteiger partial charge is 0.508 e. The number of aromatic hydroxyl groups is 1. The van der Waals surface area contributed by atoms with Gasteiger partial charge in [0.1, 0.15) is 11.8 Å². The van der Waals surface area contributed by atoms with Crippen molar-refractivity contribution >= 4 is 46.2 Å². The SMILES string of the molecule is C[C@H](NN(C(=O)c1ccc(C(=O)NCc2cccc(O)c2)cc1Cl)C(=O)c1cnnc2ccccc12)C(=O)O. The maximum atomic E-state index is 13.5. The molecule has 0 radical (unpaired) electrons. The Hall–Kier alpha value is -4.87. The van der Waals surface area contributed by atoms with Crippen molar-refractivity contribution in [2.75, 3.05) is 0 Å². The monoisotopic (exact) mass is 547 g/mol. The van der Waals surface area contributed by atoms with Crippen molar-refractivity contribution < 1.29 is 29.4 Å². The number of aromatic nitrogens is 2. The van der Waals surface area contributed by atoms with E-state index < -0.39 is 29.7 Å². The van der Waals surface area contributed by atoms with Crippen LogP contribution in [0.3, 0.4) is 0 Å². The van der Waals surface area contributed by atoms with Crippen LogP contribution in [0.5, 0.6) is 5.75 Å². The zero-order valence-corrected chi connectivity index (χ0v) is 21.2. The summed E-state index contributed by atoms with van der Waals surface area (Å²) in [5.74, 6) is -3.54. The highest BCUT2D eigenvalue weighted by Gasteiger charge is 2.30. The fourth-order valence-corrected chi connectivity index (χ4v) is 3.92. The number of nitrogens with zero attached hydrogens (tertiary/aromatic N) is 3. The fourth-order valence-electron chi connectivity index (χ4n) is 3.66. The van der Waals surface area contributed by atoms with Crippen LogP contribution in [0.2, 0.25) is 5.02 Å². The van der Waals surface area contributed by atoms with E-state index in [1.165, 1.54) is 43.5 Å². The van der Waals surface area contributed by atoms with Crippen LogP contribution >= 0.6 is 11.6 Å². The number of rotatable bonds is 8. The number of aliphatic carboxylic acids is 1. The van der Waals surface area contributed by atoms with Crippen LogP contribution in [0.25, 0.3) is 10.9 Å². The van der Waals surface area contributed by atoms with Gasteiger partial charge in [-0.3, -0.25) is 19.2 Å². The standard InChI is InChI=1S/C27H22ClN5O6/c1-15(27(38)39)32-33(26(37)21-14-30-31-23-8-3-2-7-19(21)23)25(36)20-10-9-17(12-22(20)28)24(35)29-13-16-5-4-6-18(34)11-16/h2-12,14-15,32,34H,13H2,1H3,(H,29,35)(H,38,39)/t15-/m0/s1. The van der Waals surface area contributed by atoms with Crippen LogP contribution in [0.15, 0.2) is 72.9 Å². The number of hydrazine groups is 1. The lowest BCUT2D eigenvalue weighted by Crippen LogP contribution is -2.53. The molecule has 3 amide bonds. The number of halogens is 1. The van der Waals surface area contributed by atoms with Gasteiger partial charge in [0.15, 0.2) is 0 Å². The van der Waals surface area contributed by atoms with Gasteiger partial charge in [0.2, 0.25) is 0 Å². The number of carboxylic acids is 1. The first-order valence-electron chi connectivity index (χ1n) is 11.6. The smallest absolute Gasteiger partial charge is 0.322 e. The lowest BCUT2D eigenvalue weighted by molar-refractivity contribution is -0.139. The van der Waals surface area contributed by atoms with Crippen LogP contribution in [0.4, 0.5) is 0 Å². The quantitative estimate of drug-likeness (QED) is 0.192. The van der Waals surface area contributed by atoms with Crippen LogP contribution in [-0.4, -0.2) is 55.2 Å². The Morgan fingerprint density at radius 3 is 2.44 bits per heavy atom. The van der Waals surface area contributed by atoms with Crippen molar-refractivity contribution in [1.82, 2.24) is 25.9 Å². The molecule has 1 atom stereocenters. The average molecular weight is 548 g/mol. The van der Waals surface area contributed by atoms with Crippen LogP contribution in [0.1, 0.15) is 43.6 Å². The second kappa shape index (κ2) is 11.7. The fraction of sp³-hybridized carbons (Fsp3) is 0.111. The number of phenols is 1. The normalized spacial score (nSPS) is 11.5. The maximum Gasteiger partial charge on any atom is 0.322 e. The second-order valence-electron chi connectivity index (χ2n) is 8.46. The zero-order chi connectivity index (χ0) is 28.1. The molecule has 3 aromatic carbocycles. The third kappa shape index (κ3) is 6.17. The van der Waals surface area contributed by atoms with E-state index in [4.69, 9.17) is 11.6 Å². The number of fused-ring (bicyclic) bond motifs is 1. The number of hydrogen-bond acceptors (Lipinski definition) is 8. The molecule has 1 aromatic heterocycles. The molecule has 0 fully saturated rings. The van der Waals surface area contributed by atoms with E-state index in [2.05, 4.69) is 20.9 Å². The second-order valence-corrected chi connectivity index (χ2v) is 8.86.